The molecule has 212 valence electrons. The largest absolute Gasteiger partial charge is 0.490 e. The summed E-state index contributed by atoms with van der Waals surface area (Å²) in [4.78, 5) is 49.2. The quantitative estimate of drug-likeness (QED) is 0.285. The van der Waals surface area contributed by atoms with Gasteiger partial charge >= 0.3 is 30.3 Å². The third kappa shape index (κ3) is 4.20. The van der Waals surface area contributed by atoms with Gasteiger partial charge in [-0.15, -0.1) is 0 Å². The van der Waals surface area contributed by atoms with Crippen molar-refractivity contribution in [2.45, 2.75) is 82.9 Å². The molecule has 2 unspecified atom stereocenters. The minimum atomic E-state index is -5.44. The molecular weight excluding hydrogens is 526 g/mol. The zero-order valence-corrected chi connectivity index (χ0v) is 21.0. The van der Waals surface area contributed by atoms with E-state index < -0.39 is 77.0 Å². The van der Waals surface area contributed by atoms with E-state index in [0.29, 0.717) is 19.3 Å². The van der Waals surface area contributed by atoms with Crippen molar-refractivity contribution in [2.24, 2.45) is 28.6 Å². The lowest BCUT2D eigenvalue weighted by Gasteiger charge is -2.60. The minimum absolute atomic E-state index is 0.120. The molecule has 0 saturated heterocycles. The first-order valence-electron chi connectivity index (χ1n) is 12.3. The SMILES string of the molecule is COC(=O)C1(OC(=O)C(F)(F)F)CC[C@H]2[C@@H]3CCC4=CC(=O)CC[C@]4(C)[C@@H]3C(OC(=O)C(F)(F)F)C[C@@]21C. The van der Waals surface area contributed by atoms with E-state index in [9.17, 15) is 45.5 Å². The molecule has 38 heavy (non-hydrogen) atoms. The lowest BCUT2D eigenvalue weighted by molar-refractivity contribution is -0.245. The number of esters is 3. The molecule has 4 aliphatic carbocycles. The van der Waals surface area contributed by atoms with Crippen LogP contribution in [0, 0.1) is 28.6 Å². The summed E-state index contributed by atoms with van der Waals surface area (Å²) in [6, 6.07) is 0. The molecule has 7 nitrogen and oxygen atoms in total. The van der Waals surface area contributed by atoms with Gasteiger partial charge in [0.15, 0.2) is 5.78 Å². The fourth-order valence-corrected chi connectivity index (χ4v) is 7.88. The highest BCUT2D eigenvalue weighted by atomic mass is 19.4. The van der Waals surface area contributed by atoms with Crippen molar-refractivity contribution in [1.82, 2.24) is 0 Å². The molecule has 0 aromatic rings. The molecule has 0 bridgehead atoms. The smallest absolute Gasteiger partial charge is 0.466 e. The standard InChI is InChI=1S/C25H28F6O7/c1-21-8-6-13(32)10-12(21)4-5-14-15-7-9-23(18(33)36-3,38-20(35)25(29,30)31)22(15,2)11-16(17(14)21)37-19(34)24(26,27)28/h10,14-17H,4-9,11H2,1-3H3/t14-,15-,16?,17-,21-,22-,23?/m0/s1. The molecule has 4 aliphatic rings. The Kier molecular flexibility index (Phi) is 6.71. The van der Waals surface area contributed by atoms with Gasteiger partial charge in [0.25, 0.3) is 0 Å². The second-order valence-corrected chi connectivity index (χ2v) is 11.2. The second kappa shape index (κ2) is 8.97. The maximum Gasteiger partial charge on any atom is 0.490 e. The van der Waals surface area contributed by atoms with Crippen LogP contribution < -0.4 is 0 Å². The molecule has 4 rings (SSSR count). The van der Waals surface area contributed by atoms with Crippen LogP contribution in [0.2, 0.25) is 0 Å². The number of fused-ring (bicyclic) bond motifs is 5. The Labute approximate surface area is 214 Å². The van der Waals surface area contributed by atoms with Crippen LogP contribution in [-0.4, -0.2) is 54.9 Å². The predicted molar refractivity (Wildman–Crippen MR) is 115 cm³/mol. The third-order valence-electron chi connectivity index (χ3n) is 9.50. The number of ether oxygens (including phenoxy) is 3. The summed E-state index contributed by atoms with van der Waals surface area (Å²) < 4.78 is 94.4. The summed E-state index contributed by atoms with van der Waals surface area (Å²) >= 11 is 0. The number of rotatable bonds is 3. The van der Waals surface area contributed by atoms with Gasteiger partial charge in [-0.25, -0.2) is 14.4 Å². The number of carbonyl (C=O) groups excluding carboxylic acids is 4. The number of hydrogen-bond acceptors (Lipinski definition) is 7. The van der Waals surface area contributed by atoms with Crippen molar-refractivity contribution in [3.05, 3.63) is 11.6 Å². The van der Waals surface area contributed by atoms with Crippen LogP contribution in [0.1, 0.15) is 58.8 Å². The zero-order valence-electron chi connectivity index (χ0n) is 21.0. The molecule has 0 radical (unpaired) electrons. The van der Waals surface area contributed by atoms with Gasteiger partial charge in [-0.05, 0) is 61.9 Å². The van der Waals surface area contributed by atoms with E-state index in [2.05, 4.69) is 0 Å². The number of halogens is 6. The van der Waals surface area contributed by atoms with Crippen LogP contribution in [0.5, 0.6) is 0 Å². The van der Waals surface area contributed by atoms with Gasteiger partial charge in [0.2, 0.25) is 5.60 Å². The van der Waals surface area contributed by atoms with Crippen LogP contribution in [0.3, 0.4) is 0 Å². The molecule has 0 N–H and O–H groups in total. The number of carbonyl (C=O) groups is 4. The molecule has 3 fully saturated rings. The van der Waals surface area contributed by atoms with Gasteiger partial charge in [0.1, 0.15) is 6.10 Å². The van der Waals surface area contributed by atoms with Crippen molar-refractivity contribution < 1.29 is 59.7 Å². The fourth-order valence-electron chi connectivity index (χ4n) is 7.88. The van der Waals surface area contributed by atoms with Crippen molar-refractivity contribution in [1.29, 1.82) is 0 Å². The highest BCUT2D eigenvalue weighted by Gasteiger charge is 2.73. The van der Waals surface area contributed by atoms with Crippen LogP contribution in [0.15, 0.2) is 11.6 Å². The van der Waals surface area contributed by atoms with E-state index in [1.165, 1.54) is 13.0 Å². The normalized spacial score (nSPS) is 38.8. The minimum Gasteiger partial charge on any atom is -0.466 e. The van der Waals surface area contributed by atoms with Crippen LogP contribution in [0.4, 0.5) is 26.3 Å². The maximum absolute atomic E-state index is 13.3. The van der Waals surface area contributed by atoms with Crippen molar-refractivity contribution in [3.8, 4) is 0 Å². The number of allylic oxidation sites excluding steroid dienone is 1. The highest BCUT2D eigenvalue weighted by Crippen LogP contribution is 2.69. The second-order valence-electron chi connectivity index (χ2n) is 11.2. The Hall–Kier alpha value is -2.60. The summed E-state index contributed by atoms with van der Waals surface area (Å²) in [6.45, 7) is 3.18. The third-order valence-corrected chi connectivity index (χ3v) is 9.50. The summed E-state index contributed by atoms with van der Waals surface area (Å²) in [6.07, 6.45) is -10.3. The summed E-state index contributed by atoms with van der Waals surface area (Å²) in [5.74, 6) is -8.23. The number of ketones is 1. The molecule has 3 saturated carbocycles. The van der Waals surface area contributed by atoms with Gasteiger partial charge in [-0.3, -0.25) is 4.79 Å². The first-order chi connectivity index (χ1) is 17.4. The molecule has 0 aliphatic heterocycles. The summed E-state index contributed by atoms with van der Waals surface area (Å²) in [7, 11) is 0.909. The molecule has 0 heterocycles. The van der Waals surface area contributed by atoms with E-state index >= 15 is 0 Å². The molecule has 0 aromatic heterocycles. The number of methoxy groups -OCH3 is 1. The highest BCUT2D eigenvalue weighted by molar-refractivity contribution is 5.91. The van der Waals surface area contributed by atoms with E-state index in [4.69, 9.17) is 14.2 Å². The summed E-state index contributed by atoms with van der Waals surface area (Å²) in [5.41, 5.74) is -4.17. The molecule has 0 aromatic carbocycles. The Balaban J connectivity index is 1.84. The fraction of sp³-hybridized carbons (Fsp3) is 0.760. The van der Waals surface area contributed by atoms with Crippen molar-refractivity contribution in [3.63, 3.8) is 0 Å². The van der Waals surface area contributed by atoms with Gasteiger partial charge in [0, 0.05) is 17.8 Å². The molecule has 13 heteroatoms. The van der Waals surface area contributed by atoms with Gasteiger partial charge < -0.3 is 14.2 Å². The molecule has 0 spiro atoms. The molecule has 7 atom stereocenters. The predicted octanol–water partition coefficient (Wildman–Crippen LogP) is 4.62. The molecular formula is C25H28F6O7. The van der Waals surface area contributed by atoms with Gasteiger partial charge in [-0.2, -0.15) is 26.3 Å². The lowest BCUT2D eigenvalue weighted by Crippen LogP contribution is -2.64. The van der Waals surface area contributed by atoms with E-state index in [0.717, 1.165) is 12.7 Å². The number of hydrogen-bond donors (Lipinski definition) is 0. The average molecular weight is 554 g/mol. The average Bonchev–Trinajstić information content (AvgIpc) is 3.10. The first kappa shape index (κ1) is 28.4. The van der Waals surface area contributed by atoms with Gasteiger partial charge in [-0.1, -0.05) is 19.4 Å². The first-order valence-corrected chi connectivity index (χ1v) is 12.3. The van der Waals surface area contributed by atoms with Crippen LogP contribution in [0.25, 0.3) is 0 Å². The molecule has 0 amide bonds. The topological polar surface area (TPSA) is 96.0 Å². The van der Waals surface area contributed by atoms with E-state index in [1.54, 1.807) is 6.92 Å². The number of alkyl halides is 6. The zero-order chi connectivity index (χ0) is 28.5. The Bertz CT molecular complexity index is 1080. The Morgan fingerprint density at radius 1 is 0.947 bits per heavy atom. The van der Waals surface area contributed by atoms with Crippen LogP contribution in [-0.2, 0) is 33.4 Å². The maximum atomic E-state index is 13.3. The van der Waals surface area contributed by atoms with E-state index in [1.807, 2.05) is 0 Å². The lowest BCUT2D eigenvalue weighted by atomic mass is 9.45. The van der Waals surface area contributed by atoms with Crippen LogP contribution >= 0.6 is 0 Å². The Morgan fingerprint density at radius 2 is 1.58 bits per heavy atom. The van der Waals surface area contributed by atoms with Crippen molar-refractivity contribution >= 4 is 23.7 Å². The summed E-state index contributed by atoms with van der Waals surface area (Å²) in [5, 5.41) is 0. The van der Waals surface area contributed by atoms with E-state index in [-0.39, 0.29) is 25.0 Å². The van der Waals surface area contributed by atoms with Crippen molar-refractivity contribution in [2.75, 3.05) is 7.11 Å². The monoisotopic (exact) mass is 554 g/mol. The van der Waals surface area contributed by atoms with Gasteiger partial charge in [0.05, 0.1) is 7.11 Å². The Morgan fingerprint density at radius 3 is 2.16 bits per heavy atom.